The maximum Gasteiger partial charge on any atom is 0.410 e. The molecule has 1 atom stereocenters. The summed E-state index contributed by atoms with van der Waals surface area (Å²) in [6.45, 7) is 4.77. The summed E-state index contributed by atoms with van der Waals surface area (Å²) in [5.74, 6) is 0.791. The number of alkyl halides is 2. The summed E-state index contributed by atoms with van der Waals surface area (Å²) in [5.41, 5.74) is 0. The molecule has 0 aromatic carbocycles. The number of hydrogen-bond acceptors (Lipinski definition) is 2. The number of nitrogens with zero attached hydrogens (tertiary/aromatic N) is 1. The van der Waals surface area contributed by atoms with Crippen LogP contribution in [0.5, 0.6) is 0 Å². The largest absolute Gasteiger partial charge is 0.446 e. The topological polar surface area (TPSA) is 29.5 Å². The molecule has 0 rings (SSSR count). The van der Waals surface area contributed by atoms with E-state index in [1.807, 2.05) is 13.8 Å². The molecule has 3 nitrogen and oxygen atoms in total. The van der Waals surface area contributed by atoms with Gasteiger partial charge in [0.25, 0.3) is 0 Å². The molecule has 0 aromatic rings. The van der Waals surface area contributed by atoms with E-state index in [4.69, 9.17) is 27.9 Å². The summed E-state index contributed by atoms with van der Waals surface area (Å²) in [7, 11) is 0. The molecule has 0 spiro atoms. The quantitative estimate of drug-likeness (QED) is 0.670. The van der Waals surface area contributed by atoms with Gasteiger partial charge in [-0.15, -0.1) is 23.2 Å². The van der Waals surface area contributed by atoms with Crippen molar-refractivity contribution in [3.8, 4) is 0 Å². The Kier molecular flexibility index (Phi) is 8.09. The first-order chi connectivity index (χ1) is 6.65. The zero-order chi connectivity index (χ0) is 11.0. The van der Waals surface area contributed by atoms with Gasteiger partial charge in [-0.25, -0.2) is 4.79 Å². The van der Waals surface area contributed by atoms with Crippen molar-refractivity contribution in [3.05, 3.63) is 0 Å². The number of amides is 1. The second-order valence-electron chi connectivity index (χ2n) is 2.97. The molecule has 0 aliphatic heterocycles. The van der Waals surface area contributed by atoms with Crippen molar-refractivity contribution in [1.29, 1.82) is 0 Å². The molecule has 0 heterocycles. The van der Waals surface area contributed by atoms with Gasteiger partial charge in [0.15, 0.2) is 0 Å². The number of halogens is 2. The highest BCUT2D eigenvalue weighted by Crippen LogP contribution is 2.02. The summed E-state index contributed by atoms with van der Waals surface area (Å²) >= 11 is 11.1. The molecule has 0 N–H and O–H groups in total. The van der Waals surface area contributed by atoms with Crippen LogP contribution in [0.4, 0.5) is 4.79 Å². The van der Waals surface area contributed by atoms with Gasteiger partial charge in [0.05, 0.1) is 0 Å². The first-order valence-corrected chi connectivity index (χ1v) is 5.80. The second kappa shape index (κ2) is 8.18. The molecule has 0 saturated heterocycles. The van der Waals surface area contributed by atoms with E-state index >= 15 is 0 Å². The Morgan fingerprint density at radius 2 is 1.86 bits per heavy atom. The zero-order valence-corrected chi connectivity index (χ0v) is 10.1. The summed E-state index contributed by atoms with van der Waals surface area (Å²) < 4.78 is 5.14. The van der Waals surface area contributed by atoms with E-state index < -0.39 is 0 Å². The molecule has 1 amide bonds. The lowest BCUT2D eigenvalue weighted by molar-refractivity contribution is 0.0717. The van der Waals surface area contributed by atoms with Gasteiger partial charge in [-0.3, -0.25) is 0 Å². The molecule has 0 bridgehead atoms. The highest BCUT2D eigenvalue weighted by atomic mass is 35.5. The number of hydrogen-bond donors (Lipinski definition) is 0. The van der Waals surface area contributed by atoms with Crippen molar-refractivity contribution in [2.75, 3.05) is 24.8 Å². The number of ether oxygens (including phenoxy) is 1. The van der Waals surface area contributed by atoms with Gasteiger partial charge in [0.2, 0.25) is 0 Å². The van der Waals surface area contributed by atoms with Gasteiger partial charge in [0, 0.05) is 24.8 Å². The predicted octanol–water partition coefficient (Wildman–Crippen LogP) is 2.70. The summed E-state index contributed by atoms with van der Waals surface area (Å²) in [6.07, 6.45) is 0.415. The number of carbonyl (C=O) groups is 1. The molecule has 84 valence electrons. The van der Waals surface area contributed by atoms with E-state index in [9.17, 15) is 4.79 Å². The monoisotopic (exact) mass is 241 g/mol. The Labute approximate surface area is 95.3 Å². The molecule has 0 saturated carbocycles. The van der Waals surface area contributed by atoms with E-state index in [2.05, 4.69) is 0 Å². The van der Waals surface area contributed by atoms with E-state index in [1.165, 1.54) is 4.90 Å². The van der Waals surface area contributed by atoms with Crippen LogP contribution in [0.2, 0.25) is 0 Å². The van der Waals surface area contributed by atoms with E-state index in [-0.39, 0.29) is 12.2 Å². The Bertz CT molecular complexity index is 161. The maximum absolute atomic E-state index is 11.5. The molecule has 0 aliphatic carbocycles. The third-order valence-corrected chi connectivity index (χ3v) is 2.18. The highest BCUT2D eigenvalue weighted by molar-refractivity contribution is 6.18. The van der Waals surface area contributed by atoms with E-state index in [0.717, 1.165) is 6.42 Å². The van der Waals surface area contributed by atoms with Crippen LogP contribution < -0.4 is 0 Å². The minimum absolute atomic E-state index is 0.0596. The van der Waals surface area contributed by atoms with Crippen LogP contribution in [0.3, 0.4) is 0 Å². The van der Waals surface area contributed by atoms with Crippen LogP contribution in [-0.2, 0) is 4.74 Å². The number of rotatable bonds is 6. The Morgan fingerprint density at radius 1 is 1.36 bits per heavy atom. The zero-order valence-electron chi connectivity index (χ0n) is 8.63. The minimum atomic E-state index is -0.333. The van der Waals surface area contributed by atoms with Crippen LogP contribution in [0.1, 0.15) is 20.3 Å². The summed E-state index contributed by atoms with van der Waals surface area (Å²) in [4.78, 5) is 13.0. The second-order valence-corrected chi connectivity index (χ2v) is 3.72. The van der Waals surface area contributed by atoms with Gasteiger partial charge >= 0.3 is 6.09 Å². The normalized spacial score (nSPS) is 12.3. The van der Waals surface area contributed by atoms with Gasteiger partial charge in [-0.1, -0.05) is 6.92 Å². The van der Waals surface area contributed by atoms with Crippen molar-refractivity contribution in [2.24, 2.45) is 0 Å². The fraction of sp³-hybridized carbons (Fsp3) is 0.889. The van der Waals surface area contributed by atoms with Crippen LogP contribution in [-0.4, -0.2) is 41.9 Å². The molecular formula is C9H17Cl2NO2. The average Bonchev–Trinajstić information content (AvgIpc) is 2.17. The highest BCUT2D eigenvalue weighted by Gasteiger charge is 2.15. The van der Waals surface area contributed by atoms with Gasteiger partial charge in [0.1, 0.15) is 6.10 Å². The molecular weight excluding hydrogens is 225 g/mol. The van der Waals surface area contributed by atoms with Crippen LogP contribution in [0, 0.1) is 0 Å². The standard InChI is InChI=1S/C9H17Cl2NO2/c1-3-8(2)14-9(13)12(6-4-10)7-5-11/h8H,3-7H2,1-2H3/t8-/m0/s1. The Balaban J connectivity index is 4.00. The van der Waals surface area contributed by atoms with Crippen LogP contribution in [0.15, 0.2) is 0 Å². The first kappa shape index (κ1) is 13.8. The van der Waals surface area contributed by atoms with Crippen molar-refractivity contribution in [2.45, 2.75) is 26.4 Å². The number of carbonyl (C=O) groups excluding carboxylic acids is 1. The third kappa shape index (κ3) is 5.55. The average molecular weight is 242 g/mol. The SMILES string of the molecule is CC[C@H](C)OC(=O)N(CCCl)CCCl. The summed E-state index contributed by atoms with van der Waals surface area (Å²) in [6, 6.07) is 0. The molecule has 0 aromatic heterocycles. The van der Waals surface area contributed by atoms with E-state index in [0.29, 0.717) is 24.8 Å². The molecule has 14 heavy (non-hydrogen) atoms. The fourth-order valence-corrected chi connectivity index (χ4v) is 1.24. The van der Waals surface area contributed by atoms with Gasteiger partial charge < -0.3 is 9.64 Å². The van der Waals surface area contributed by atoms with E-state index in [1.54, 1.807) is 0 Å². The molecule has 5 heteroatoms. The van der Waals surface area contributed by atoms with Crippen molar-refractivity contribution in [3.63, 3.8) is 0 Å². The molecule has 0 aliphatic rings. The first-order valence-electron chi connectivity index (χ1n) is 4.73. The lowest BCUT2D eigenvalue weighted by Crippen LogP contribution is -2.36. The third-order valence-electron chi connectivity index (χ3n) is 1.84. The minimum Gasteiger partial charge on any atom is -0.446 e. The van der Waals surface area contributed by atoms with Gasteiger partial charge in [-0.2, -0.15) is 0 Å². The fourth-order valence-electron chi connectivity index (χ4n) is 0.828. The molecule has 0 unspecified atom stereocenters. The van der Waals surface area contributed by atoms with Crippen molar-refractivity contribution in [1.82, 2.24) is 4.90 Å². The Hall–Kier alpha value is -0.150. The smallest absolute Gasteiger partial charge is 0.410 e. The summed E-state index contributed by atoms with van der Waals surface area (Å²) in [5, 5.41) is 0. The lowest BCUT2D eigenvalue weighted by Gasteiger charge is -2.22. The van der Waals surface area contributed by atoms with Crippen LogP contribution >= 0.6 is 23.2 Å². The molecule has 0 radical (unpaired) electrons. The lowest BCUT2D eigenvalue weighted by atomic mass is 10.3. The maximum atomic E-state index is 11.5. The Morgan fingerprint density at radius 3 is 2.21 bits per heavy atom. The van der Waals surface area contributed by atoms with Crippen LogP contribution in [0.25, 0.3) is 0 Å². The van der Waals surface area contributed by atoms with Crippen molar-refractivity contribution >= 4 is 29.3 Å². The van der Waals surface area contributed by atoms with Gasteiger partial charge in [-0.05, 0) is 13.3 Å². The molecule has 0 fully saturated rings. The predicted molar refractivity (Wildman–Crippen MR) is 59.2 cm³/mol. The van der Waals surface area contributed by atoms with Crippen molar-refractivity contribution < 1.29 is 9.53 Å².